The van der Waals surface area contributed by atoms with Gasteiger partial charge < -0.3 is 40.4 Å². The zero-order valence-corrected chi connectivity index (χ0v) is 35.9. The lowest BCUT2D eigenvalue weighted by Gasteiger charge is -2.37. The van der Waals surface area contributed by atoms with Gasteiger partial charge in [0.25, 0.3) is 11.8 Å². The molecule has 5 rings (SSSR count). The average Bonchev–Trinajstić information content (AvgIpc) is 3.57. The molecule has 0 saturated carbocycles. The molecule has 23 heteroatoms. The van der Waals surface area contributed by atoms with Gasteiger partial charge in [-0.15, -0.1) is 0 Å². The number of carbonyl (C=O) groups excluding carboxylic acids is 3. The smallest absolute Gasteiger partial charge is 0.317 e. The zero-order chi connectivity index (χ0) is 46.6. The Kier molecular flexibility index (Phi) is 17.5. The number of hydrogen-bond acceptors (Lipinski definition) is 15. The predicted octanol–water partition coefficient (Wildman–Crippen LogP) is -1.12. The van der Waals surface area contributed by atoms with Crippen LogP contribution < -0.4 is 10.2 Å². The van der Waals surface area contributed by atoms with E-state index < -0.39 is 66.9 Å². The van der Waals surface area contributed by atoms with Crippen LogP contribution >= 0.6 is 0 Å². The number of hydrogen-bond donors (Lipinski definition) is 5. The maximum absolute atomic E-state index is 13.9. The molecule has 0 aliphatic carbocycles. The van der Waals surface area contributed by atoms with E-state index in [-0.39, 0.29) is 63.8 Å². The number of nitrogens with one attached hydrogen (secondary N) is 1. The number of carbonyl (C=O) groups is 6. The third-order valence-corrected chi connectivity index (χ3v) is 11.7. The standard InChI is InChI=1S/C41H57F2N11O10/c1-47(29-3-4-32-31(19-29)39(33(55)22-45-32)40(64)46-23-34(56)54-28-41(42,43)20-30(54)21-44)5-2-6-48-15-17-53(18-16-48)35(57)24-49-7-9-50(25-36(58)59)11-13-52(27-38(62)63)14-12-51(10-8-49)26-37(60)61/h3-4,19,22,30,55H,2,5-18,20,23-28H2,1H3,(H,46,64)(H,58,59)(H,60,61)(H,62,63)/t30-/m0/s1. The van der Waals surface area contributed by atoms with Crippen LogP contribution in [0.1, 0.15) is 23.2 Å². The summed E-state index contributed by atoms with van der Waals surface area (Å²) in [5.74, 6) is -8.48. The fourth-order valence-corrected chi connectivity index (χ4v) is 8.14. The monoisotopic (exact) mass is 901 g/mol. The molecule has 21 nitrogen and oxygen atoms in total. The number of likely N-dealkylation sites (tertiary alicyclic amines) is 1. The Morgan fingerprint density at radius 3 is 1.83 bits per heavy atom. The molecule has 1 aromatic heterocycles. The number of carboxylic acids is 3. The topological polar surface area (TPSA) is 258 Å². The molecule has 1 aromatic carbocycles. The molecule has 1 atom stereocenters. The molecule has 5 N–H and O–H groups in total. The lowest BCUT2D eigenvalue weighted by atomic mass is 10.1. The Balaban J connectivity index is 1.11. The van der Waals surface area contributed by atoms with Gasteiger partial charge in [0.1, 0.15) is 11.8 Å². The summed E-state index contributed by atoms with van der Waals surface area (Å²) in [6.07, 6.45) is 1.07. The predicted molar refractivity (Wildman–Crippen MR) is 226 cm³/mol. The molecule has 0 radical (unpaired) electrons. The quantitative estimate of drug-likeness (QED) is 0.134. The van der Waals surface area contributed by atoms with E-state index in [1.807, 2.05) is 22.9 Å². The molecule has 64 heavy (non-hydrogen) atoms. The number of halogens is 2. The van der Waals surface area contributed by atoms with Gasteiger partial charge in [-0.05, 0) is 31.2 Å². The van der Waals surface area contributed by atoms with Crippen molar-refractivity contribution in [2.75, 3.05) is 143 Å². The van der Waals surface area contributed by atoms with Gasteiger partial charge in [-0.1, -0.05) is 0 Å². The molecule has 3 aliphatic heterocycles. The summed E-state index contributed by atoms with van der Waals surface area (Å²) in [4.78, 5) is 92.3. The lowest BCUT2D eigenvalue weighted by Crippen LogP contribution is -2.53. The van der Waals surface area contributed by atoms with E-state index in [1.54, 1.807) is 37.8 Å². The van der Waals surface area contributed by atoms with Crippen molar-refractivity contribution >= 4 is 52.2 Å². The van der Waals surface area contributed by atoms with Gasteiger partial charge in [0.15, 0.2) is 0 Å². The van der Waals surface area contributed by atoms with Gasteiger partial charge in [0.2, 0.25) is 11.8 Å². The third-order valence-electron chi connectivity index (χ3n) is 11.7. The number of amides is 3. The minimum Gasteiger partial charge on any atom is -0.505 e. The molecule has 3 fully saturated rings. The van der Waals surface area contributed by atoms with Crippen molar-refractivity contribution in [3.63, 3.8) is 0 Å². The van der Waals surface area contributed by atoms with E-state index in [2.05, 4.69) is 15.2 Å². The Hall–Kier alpha value is -5.80. The highest BCUT2D eigenvalue weighted by molar-refractivity contribution is 6.09. The highest BCUT2D eigenvalue weighted by atomic mass is 19.3. The lowest BCUT2D eigenvalue weighted by molar-refractivity contribution is -0.141. The van der Waals surface area contributed by atoms with Crippen molar-refractivity contribution in [2.24, 2.45) is 0 Å². The van der Waals surface area contributed by atoms with E-state index in [0.29, 0.717) is 69.8 Å². The molecule has 350 valence electrons. The van der Waals surface area contributed by atoms with Gasteiger partial charge in [-0.25, -0.2) is 8.78 Å². The van der Waals surface area contributed by atoms with E-state index in [0.717, 1.165) is 29.7 Å². The first kappa shape index (κ1) is 49.2. The number of aromatic nitrogens is 1. The Bertz CT molecular complexity index is 2020. The Morgan fingerprint density at radius 2 is 1.31 bits per heavy atom. The van der Waals surface area contributed by atoms with Crippen molar-refractivity contribution < 1.29 is 58.0 Å². The van der Waals surface area contributed by atoms with Crippen LogP contribution in [0, 0.1) is 11.3 Å². The van der Waals surface area contributed by atoms with E-state index in [4.69, 9.17) is 0 Å². The van der Waals surface area contributed by atoms with Crippen LogP contribution in [0.3, 0.4) is 0 Å². The van der Waals surface area contributed by atoms with Gasteiger partial charge in [-0.2, -0.15) is 5.26 Å². The number of aliphatic carboxylic acids is 3. The largest absolute Gasteiger partial charge is 0.505 e. The molecular formula is C41H57F2N11O10. The van der Waals surface area contributed by atoms with Crippen molar-refractivity contribution in [3.8, 4) is 11.8 Å². The number of alkyl halides is 2. The average molecular weight is 902 g/mol. The molecule has 0 unspecified atom stereocenters. The zero-order valence-electron chi connectivity index (χ0n) is 35.9. The molecule has 3 saturated heterocycles. The number of fused-ring (bicyclic) bond motifs is 1. The second kappa shape index (κ2) is 22.7. The van der Waals surface area contributed by atoms with Gasteiger partial charge in [-0.3, -0.25) is 58.3 Å². The van der Waals surface area contributed by atoms with Crippen LogP contribution in [0.25, 0.3) is 10.9 Å². The van der Waals surface area contributed by atoms with Crippen LogP contribution in [0.15, 0.2) is 24.4 Å². The highest BCUT2D eigenvalue weighted by Gasteiger charge is 2.47. The van der Waals surface area contributed by atoms with Gasteiger partial charge in [0.05, 0.1) is 62.6 Å². The first-order valence-electron chi connectivity index (χ1n) is 21.1. The summed E-state index contributed by atoms with van der Waals surface area (Å²) < 4.78 is 27.8. The Morgan fingerprint density at radius 1 is 0.797 bits per heavy atom. The number of nitriles is 1. The molecule has 0 bridgehead atoms. The van der Waals surface area contributed by atoms with Gasteiger partial charge in [0, 0.05) is 110 Å². The number of pyridine rings is 1. The van der Waals surface area contributed by atoms with Crippen molar-refractivity contribution in [2.45, 2.75) is 24.8 Å². The maximum atomic E-state index is 13.9. The first-order chi connectivity index (χ1) is 30.4. The SMILES string of the molecule is CN(CCCN1CCN(C(=O)CN2CCN(CC(=O)O)CCN(CC(=O)O)CCN(CC(=O)O)CC2)CC1)c1ccc2ncc(O)c(C(=O)NCC(=O)N3CC(F)(F)C[C@H]3C#N)c2c1. The fourth-order valence-electron chi connectivity index (χ4n) is 8.14. The number of anilines is 1. The third kappa shape index (κ3) is 14.4. The fraction of sp³-hybridized carbons (Fsp3) is 0.610. The molecule has 2 aromatic rings. The van der Waals surface area contributed by atoms with Crippen molar-refractivity contribution in [1.29, 1.82) is 5.26 Å². The Labute approximate surface area is 368 Å². The summed E-state index contributed by atoms with van der Waals surface area (Å²) in [5.41, 5.74) is 0.978. The van der Waals surface area contributed by atoms with Crippen LogP contribution in [0.5, 0.6) is 5.75 Å². The minimum absolute atomic E-state index is 0.0706. The summed E-state index contributed by atoms with van der Waals surface area (Å²) in [7, 11) is 1.87. The number of benzene rings is 1. The highest BCUT2D eigenvalue weighted by Crippen LogP contribution is 2.32. The summed E-state index contributed by atoms with van der Waals surface area (Å²) in [6, 6.07) is 5.59. The van der Waals surface area contributed by atoms with Gasteiger partial charge >= 0.3 is 17.9 Å². The van der Waals surface area contributed by atoms with Crippen molar-refractivity contribution in [1.82, 2.24) is 44.6 Å². The van der Waals surface area contributed by atoms with Crippen LogP contribution in [-0.2, 0) is 24.0 Å². The van der Waals surface area contributed by atoms with Crippen LogP contribution in [0.4, 0.5) is 14.5 Å². The number of aromatic hydroxyl groups is 1. The van der Waals surface area contributed by atoms with Crippen LogP contribution in [0.2, 0.25) is 0 Å². The molecule has 4 heterocycles. The molecular weight excluding hydrogens is 845 g/mol. The second-order valence-corrected chi connectivity index (χ2v) is 16.4. The first-order valence-corrected chi connectivity index (χ1v) is 21.1. The van der Waals surface area contributed by atoms with E-state index >= 15 is 0 Å². The number of carboxylic acid groups (broad SMARTS) is 3. The molecule has 3 amide bonds. The summed E-state index contributed by atoms with van der Waals surface area (Å²) in [6.45, 7) is 3.83. The van der Waals surface area contributed by atoms with Crippen molar-refractivity contribution in [3.05, 3.63) is 30.0 Å². The maximum Gasteiger partial charge on any atom is 0.317 e. The number of piperazine rings is 1. The normalized spacial score (nSPS) is 19.9. The number of rotatable bonds is 16. The minimum atomic E-state index is -3.21. The molecule has 0 spiro atoms. The summed E-state index contributed by atoms with van der Waals surface area (Å²) >= 11 is 0. The second-order valence-electron chi connectivity index (χ2n) is 16.4. The van der Waals surface area contributed by atoms with E-state index in [1.165, 1.54) is 0 Å². The number of nitrogens with zero attached hydrogens (tertiary/aromatic N) is 10. The van der Waals surface area contributed by atoms with E-state index in [9.17, 15) is 63.2 Å². The summed E-state index contributed by atoms with van der Waals surface area (Å²) in [5, 5.41) is 51.0. The molecule has 3 aliphatic rings. The van der Waals surface area contributed by atoms with Crippen LogP contribution in [-0.4, -0.2) is 245 Å².